The normalized spacial score (nSPS) is 10.7. The Morgan fingerprint density at radius 2 is 2.24 bits per heavy atom. The summed E-state index contributed by atoms with van der Waals surface area (Å²) in [6.45, 7) is 0.299. The molecule has 0 spiro atoms. The van der Waals surface area contributed by atoms with E-state index in [1.165, 1.54) is 6.07 Å². The number of rotatable bonds is 4. The summed E-state index contributed by atoms with van der Waals surface area (Å²) in [7, 11) is 0. The Labute approximate surface area is 124 Å². The Morgan fingerprint density at radius 3 is 3.00 bits per heavy atom. The van der Waals surface area contributed by atoms with Crippen LogP contribution in [0.5, 0.6) is 0 Å². The topological polar surface area (TPSA) is 88.2 Å². The summed E-state index contributed by atoms with van der Waals surface area (Å²) >= 11 is 6.12. The minimum Gasteiger partial charge on any atom is -0.476 e. The number of nitrogens with one attached hydrogen (secondary N) is 1. The monoisotopic (exact) mass is 303 g/mol. The molecule has 0 saturated carbocycles. The number of carbonyl (C=O) groups is 1. The summed E-state index contributed by atoms with van der Waals surface area (Å²) < 4.78 is 4.94. The maximum Gasteiger partial charge on any atom is 0.358 e. The number of fused-ring (bicyclic) bond motifs is 1. The summed E-state index contributed by atoms with van der Waals surface area (Å²) in [4.78, 5) is 15.0. The van der Waals surface area contributed by atoms with Gasteiger partial charge in [-0.25, -0.2) is 4.79 Å². The highest BCUT2D eigenvalue weighted by atomic mass is 35.5. The second-order valence-electron chi connectivity index (χ2n) is 4.33. The molecular formula is C14H10ClN3O3. The van der Waals surface area contributed by atoms with E-state index >= 15 is 0 Å². The van der Waals surface area contributed by atoms with Gasteiger partial charge in [-0.2, -0.15) is 0 Å². The van der Waals surface area contributed by atoms with Crippen molar-refractivity contribution in [2.75, 3.05) is 5.32 Å². The molecule has 0 atom stereocenters. The summed E-state index contributed by atoms with van der Waals surface area (Å²) in [6, 6.07) is 8.66. The number of carboxylic acid groups (broad SMARTS) is 1. The minimum absolute atomic E-state index is 0.120. The van der Waals surface area contributed by atoms with Crippen LogP contribution in [-0.4, -0.2) is 21.2 Å². The lowest BCUT2D eigenvalue weighted by atomic mass is 10.2. The van der Waals surface area contributed by atoms with E-state index in [0.717, 1.165) is 16.6 Å². The molecule has 2 heterocycles. The Morgan fingerprint density at radius 1 is 1.38 bits per heavy atom. The summed E-state index contributed by atoms with van der Waals surface area (Å²) in [5.41, 5.74) is 1.40. The molecule has 2 aromatic heterocycles. The number of aromatic carboxylic acids is 1. The average Bonchev–Trinajstić information content (AvgIpc) is 2.96. The van der Waals surface area contributed by atoms with Gasteiger partial charge in [-0.15, -0.1) is 0 Å². The maximum absolute atomic E-state index is 10.7. The van der Waals surface area contributed by atoms with E-state index in [1.54, 1.807) is 12.3 Å². The zero-order chi connectivity index (χ0) is 14.8. The number of carboxylic acids is 1. The molecule has 3 aromatic rings. The second-order valence-corrected chi connectivity index (χ2v) is 4.74. The SMILES string of the molecule is O=C(O)c1cc(CNc2ccc(Cl)c3cccnc23)on1. The van der Waals surface area contributed by atoms with E-state index in [-0.39, 0.29) is 5.69 Å². The van der Waals surface area contributed by atoms with Crippen molar-refractivity contribution in [2.24, 2.45) is 0 Å². The first-order chi connectivity index (χ1) is 10.1. The molecule has 3 rings (SSSR count). The van der Waals surface area contributed by atoms with Crippen LogP contribution in [0, 0.1) is 0 Å². The highest BCUT2D eigenvalue weighted by Gasteiger charge is 2.11. The number of hydrogen-bond acceptors (Lipinski definition) is 5. The largest absolute Gasteiger partial charge is 0.476 e. The van der Waals surface area contributed by atoms with Gasteiger partial charge >= 0.3 is 5.97 Å². The quantitative estimate of drug-likeness (QED) is 0.769. The van der Waals surface area contributed by atoms with Crippen LogP contribution in [0.3, 0.4) is 0 Å². The Kier molecular flexibility index (Phi) is 3.45. The average molecular weight is 304 g/mol. The fraction of sp³-hybridized carbons (Fsp3) is 0.0714. The summed E-state index contributed by atoms with van der Waals surface area (Å²) in [5.74, 6) is -0.699. The van der Waals surface area contributed by atoms with Crippen molar-refractivity contribution in [3.63, 3.8) is 0 Å². The van der Waals surface area contributed by atoms with Gasteiger partial charge in [0.05, 0.1) is 22.8 Å². The number of aromatic nitrogens is 2. The van der Waals surface area contributed by atoms with Crippen LogP contribution in [0.25, 0.3) is 10.9 Å². The van der Waals surface area contributed by atoms with Crippen LogP contribution >= 0.6 is 11.6 Å². The predicted octanol–water partition coefficient (Wildman–Crippen LogP) is 3.19. The summed E-state index contributed by atoms with van der Waals surface area (Å²) in [6.07, 6.45) is 1.68. The number of anilines is 1. The van der Waals surface area contributed by atoms with Crippen molar-refractivity contribution in [1.29, 1.82) is 0 Å². The van der Waals surface area contributed by atoms with Crippen molar-refractivity contribution in [3.8, 4) is 0 Å². The molecular weight excluding hydrogens is 294 g/mol. The number of hydrogen-bond donors (Lipinski definition) is 2. The van der Waals surface area contributed by atoms with Crippen molar-refractivity contribution < 1.29 is 14.4 Å². The van der Waals surface area contributed by atoms with Gasteiger partial charge in [0.1, 0.15) is 0 Å². The lowest BCUT2D eigenvalue weighted by Crippen LogP contribution is -2.00. The van der Waals surface area contributed by atoms with Crippen LogP contribution in [-0.2, 0) is 6.54 Å². The number of benzene rings is 1. The van der Waals surface area contributed by atoms with Crippen LogP contribution in [0.1, 0.15) is 16.2 Å². The lowest BCUT2D eigenvalue weighted by molar-refractivity contribution is 0.0685. The Hall–Kier alpha value is -2.60. The molecule has 7 heteroatoms. The van der Waals surface area contributed by atoms with E-state index in [1.807, 2.05) is 18.2 Å². The standard InChI is InChI=1S/C14H10ClN3O3/c15-10-3-4-11(13-9(10)2-1-5-16-13)17-7-8-6-12(14(19)20)18-21-8/h1-6,17H,7H2,(H,19,20). The Balaban J connectivity index is 1.85. The maximum atomic E-state index is 10.7. The van der Waals surface area contributed by atoms with Crippen molar-refractivity contribution in [2.45, 2.75) is 6.54 Å². The first kappa shape index (κ1) is 13.4. The van der Waals surface area contributed by atoms with Gasteiger partial charge < -0.3 is 14.9 Å². The van der Waals surface area contributed by atoms with E-state index in [2.05, 4.69) is 15.5 Å². The molecule has 6 nitrogen and oxygen atoms in total. The predicted molar refractivity (Wildman–Crippen MR) is 77.5 cm³/mol. The molecule has 21 heavy (non-hydrogen) atoms. The molecule has 0 aliphatic carbocycles. The molecule has 0 aliphatic rings. The van der Waals surface area contributed by atoms with Gasteiger partial charge in [0, 0.05) is 17.6 Å². The third-order valence-corrected chi connectivity index (χ3v) is 3.28. The van der Waals surface area contributed by atoms with E-state index in [9.17, 15) is 4.79 Å². The second kappa shape index (κ2) is 5.41. The molecule has 0 amide bonds. The zero-order valence-corrected chi connectivity index (χ0v) is 11.5. The summed E-state index contributed by atoms with van der Waals surface area (Å²) in [5, 5.41) is 16.8. The lowest BCUT2D eigenvalue weighted by Gasteiger charge is -2.08. The van der Waals surface area contributed by atoms with Gasteiger partial charge in [-0.1, -0.05) is 16.8 Å². The van der Waals surface area contributed by atoms with Gasteiger partial charge in [-0.3, -0.25) is 4.98 Å². The van der Waals surface area contributed by atoms with Crippen LogP contribution in [0.4, 0.5) is 5.69 Å². The van der Waals surface area contributed by atoms with E-state index in [0.29, 0.717) is 17.3 Å². The molecule has 1 aromatic carbocycles. The van der Waals surface area contributed by atoms with Crippen molar-refractivity contribution >= 4 is 34.2 Å². The van der Waals surface area contributed by atoms with Crippen molar-refractivity contribution in [3.05, 3.63) is 53.0 Å². The fourth-order valence-electron chi connectivity index (χ4n) is 1.96. The van der Waals surface area contributed by atoms with Crippen molar-refractivity contribution in [1.82, 2.24) is 10.1 Å². The first-order valence-corrected chi connectivity index (χ1v) is 6.49. The van der Waals surface area contributed by atoms with Gasteiger partial charge in [-0.05, 0) is 24.3 Å². The molecule has 0 fully saturated rings. The smallest absolute Gasteiger partial charge is 0.358 e. The first-order valence-electron chi connectivity index (χ1n) is 6.11. The van der Waals surface area contributed by atoms with Gasteiger partial charge in [0.15, 0.2) is 11.5 Å². The molecule has 0 bridgehead atoms. The minimum atomic E-state index is -1.12. The number of pyridine rings is 1. The zero-order valence-electron chi connectivity index (χ0n) is 10.7. The molecule has 2 N–H and O–H groups in total. The van der Waals surface area contributed by atoms with Crippen LogP contribution in [0.2, 0.25) is 5.02 Å². The van der Waals surface area contributed by atoms with E-state index < -0.39 is 5.97 Å². The fourth-order valence-corrected chi connectivity index (χ4v) is 2.18. The highest BCUT2D eigenvalue weighted by Crippen LogP contribution is 2.28. The third-order valence-electron chi connectivity index (χ3n) is 2.95. The van der Waals surface area contributed by atoms with Gasteiger partial charge in [0.25, 0.3) is 0 Å². The molecule has 0 radical (unpaired) electrons. The molecule has 106 valence electrons. The van der Waals surface area contributed by atoms with Crippen LogP contribution in [0.15, 0.2) is 41.1 Å². The number of nitrogens with zero attached hydrogens (tertiary/aromatic N) is 2. The number of halogens is 1. The molecule has 0 aliphatic heterocycles. The molecule has 0 saturated heterocycles. The Bertz CT molecular complexity index is 816. The highest BCUT2D eigenvalue weighted by molar-refractivity contribution is 6.35. The van der Waals surface area contributed by atoms with Gasteiger partial charge in [0.2, 0.25) is 0 Å². The molecule has 0 unspecified atom stereocenters. The van der Waals surface area contributed by atoms with E-state index in [4.69, 9.17) is 21.2 Å². The third kappa shape index (κ3) is 2.66. The van der Waals surface area contributed by atoms with Crippen LogP contribution < -0.4 is 5.32 Å².